The van der Waals surface area contributed by atoms with Crippen LogP contribution in [0.15, 0.2) is 18.2 Å². The van der Waals surface area contributed by atoms with Gasteiger partial charge in [0.05, 0.1) is 11.0 Å². The summed E-state index contributed by atoms with van der Waals surface area (Å²) >= 11 is 4.32. The Hall–Kier alpha value is -1.16. The summed E-state index contributed by atoms with van der Waals surface area (Å²) in [6.45, 7) is 2.20. The van der Waals surface area contributed by atoms with Crippen LogP contribution < -0.4 is 5.01 Å². The number of benzene rings is 1. The number of hydrogen-bond donors (Lipinski definition) is 1. The van der Waals surface area contributed by atoms with Gasteiger partial charge in [0.25, 0.3) is 0 Å². The molecule has 0 unspecified atom stereocenters. The highest BCUT2D eigenvalue weighted by Gasteiger charge is 2.13. The maximum absolute atomic E-state index is 4.81. The highest BCUT2D eigenvalue weighted by Crippen LogP contribution is 2.21. The number of aromatic nitrogens is 2. The first kappa shape index (κ1) is 13.3. The second kappa shape index (κ2) is 5.65. The topological polar surface area (TPSA) is 21.1 Å². The highest BCUT2D eigenvalue weighted by molar-refractivity contribution is 7.80. The van der Waals surface area contributed by atoms with E-state index in [4.69, 9.17) is 4.98 Å². The van der Waals surface area contributed by atoms with Gasteiger partial charge in [-0.15, -0.1) is 0 Å². The number of nitrogens with zero attached hydrogens (tertiary/aromatic N) is 3. The fourth-order valence-electron chi connectivity index (χ4n) is 2.37. The zero-order valence-corrected chi connectivity index (χ0v) is 12.2. The summed E-state index contributed by atoms with van der Waals surface area (Å²) in [5, 5.41) is 2.09. The van der Waals surface area contributed by atoms with Gasteiger partial charge in [-0.1, -0.05) is 25.5 Å². The SMILES string of the molecule is CCCc1cccc2c1nc(CCS)n2N(C)C. The maximum atomic E-state index is 4.81. The molecule has 18 heavy (non-hydrogen) atoms. The molecule has 0 atom stereocenters. The van der Waals surface area contributed by atoms with Gasteiger partial charge in [0.15, 0.2) is 0 Å². The molecule has 3 nitrogen and oxygen atoms in total. The summed E-state index contributed by atoms with van der Waals surface area (Å²) in [6, 6.07) is 6.45. The van der Waals surface area contributed by atoms with Crippen molar-refractivity contribution in [2.45, 2.75) is 26.2 Å². The molecule has 1 aromatic carbocycles. The van der Waals surface area contributed by atoms with Crippen molar-refractivity contribution >= 4 is 23.7 Å². The number of fused-ring (bicyclic) bond motifs is 1. The molecule has 1 heterocycles. The third-order valence-electron chi connectivity index (χ3n) is 3.07. The van der Waals surface area contributed by atoms with E-state index in [0.29, 0.717) is 0 Å². The molecule has 4 heteroatoms. The highest BCUT2D eigenvalue weighted by atomic mass is 32.1. The average molecular weight is 263 g/mol. The van der Waals surface area contributed by atoms with E-state index >= 15 is 0 Å². The fourth-order valence-corrected chi connectivity index (χ4v) is 2.57. The van der Waals surface area contributed by atoms with E-state index < -0.39 is 0 Å². The Morgan fingerprint density at radius 3 is 2.67 bits per heavy atom. The molecule has 0 fully saturated rings. The van der Waals surface area contributed by atoms with Gasteiger partial charge in [0, 0.05) is 20.5 Å². The van der Waals surface area contributed by atoms with E-state index in [1.165, 1.54) is 11.1 Å². The Balaban J connectivity index is 2.63. The van der Waals surface area contributed by atoms with Gasteiger partial charge < -0.3 is 5.01 Å². The molecule has 2 rings (SSSR count). The molecular weight excluding hydrogens is 242 g/mol. The first-order valence-corrected chi connectivity index (χ1v) is 7.10. The van der Waals surface area contributed by atoms with Gasteiger partial charge in [-0.3, -0.25) is 0 Å². The summed E-state index contributed by atoms with van der Waals surface area (Å²) in [5.74, 6) is 1.91. The number of aryl methyl sites for hydroxylation is 2. The summed E-state index contributed by atoms with van der Waals surface area (Å²) in [4.78, 5) is 4.81. The molecule has 0 saturated heterocycles. The third-order valence-corrected chi connectivity index (χ3v) is 3.29. The van der Waals surface area contributed by atoms with Gasteiger partial charge in [0.2, 0.25) is 0 Å². The van der Waals surface area contributed by atoms with Crippen LogP contribution in [0.4, 0.5) is 0 Å². The summed E-state index contributed by atoms with van der Waals surface area (Å²) < 4.78 is 2.19. The van der Waals surface area contributed by atoms with Crippen LogP contribution in [-0.2, 0) is 12.8 Å². The number of hydrogen-bond acceptors (Lipinski definition) is 3. The molecular formula is C14H21N3S. The lowest BCUT2D eigenvalue weighted by atomic mass is 10.1. The standard InChI is InChI=1S/C14H21N3S/c1-4-6-11-7-5-8-12-14(11)15-13(9-10-18)17(12)16(2)3/h5,7-8,18H,4,6,9-10H2,1-3H3. The predicted octanol–water partition coefficient (Wildman–Crippen LogP) is 2.66. The molecule has 1 aromatic heterocycles. The van der Waals surface area contributed by atoms with Crippen LogP contribution in [0.1, 0.15) is 24.7 Å². The second-order valence-electron chi connectivity index (χ2n) is 4.70. The van der Waals surface area contributed by atoms with Crippen LogP contribution in [-0.4, -0.2) is 29.5 Å². The lowest BCUT2D eigenvalue weighted by Crippen LogP contribution is -2.26. The minimum atomic E-state index is 0.820. The van der Waals surface area contributed by atoms with Gasteiger partial charge in [-0.25, -0.2) is 9.66 Å². The minimum absolute atomic E-state index is 0.820. The smallest absolute Gasteiger partial charge is 0.129 e. The van der Waals surface area contributed by atoms with Gasteiger partial charge in [-0.05, 0) is 23.8 Å². The molecule has 2 aromatic rings. The van der Waals surface area contributed by atoms with Crippen molar-refractivity contribution in [2.24, 2.45) is 0 Å². The molecule has 98 valence electrons. The monoisotopic (exact) mass is 263 g/mol. The molecule has 0 aliphatic heterocycles. The molecule has 0 spiro atoms. The van der Waals surface area contributed by atoms with Crippen molar-refractivity contribution in [2.75, 3.05) is 24.9 Å². The zero-order chi connectivity index (χ0) is 13.1. The molecule has 0 bridgehead atoms. The van der Waals surface area contributed by atoms with Crippen molar-refractivity contribution in [3.05, 3.63) is 29.6 Å². The Labute approximate surface area is 114 Å². The van der Waals surface area contributed by atoms with Crippen molar-refractivity contribution in [3.63, 3.8) is 0 Å². The Morgan fingerprint density at radius 1 is 1.28 bits per heavy atom. The van der Waals surface area contributed by atoms with Crippen LogP contribution in [0.25, 0.3) is 11.0 Å². The van der Waals surface area contributed by atoms with Crippen LogP contribution in [0.5, 0.6) is 0 Å². The number of thiol groups is 1. The lowest BCUT2D eigenvalue weighted by molar-refractivity contribution is 0.704. The van der Waals surface area contributed by atoms with Crippen molar-refractivity contribution in [3.8, 4) is 0 Å². The average Bonchev–Trinajstić information content (AvgIpc) is 2.69. The Bertz CT molecular complexity index is 531. The first-order valence-electron chi connectivity index (χ1n) is 6.46. The van der Waals surface area contributed by atoms with Crippen LogP contribution in [0.3, 0.4) is 0 Å². The molecule has 0 aliphatic carbocycles. The quantitative estimate of drug-likeness (QED) is 0.837. The number of rotatable bonds is 5. The van der Waals surface area contributed by atoms with Crippen molar-refractivity contribution < 1.29 is 0 Å². The maximum Gasteiger partial charge on any atom is 0.129 e. The van der Waals surface area contributed by atoms with E-state index in [2.05, 4.69) is 61.5 Å². The summed E-state index contributed by atoms with van der Waals surface area (Å²) in [6.07, 6.45) is 3.12. The Kier molecular flexibility index (Phi) is 4.17. The normalized spacial score (nSPS) is 11.1. The third kappa shape index (κ3) is 2.34. The van der Waals surface area contributed by atoms with E-state index in [0.717, 1.165) is 36.4 Å². The number of imidazole rings is 1. The van der Waals surface area contributed by atoms with Gasteiger partial charge >= 0.3 is 0 Å². The van der Waals surface area contributed by atoms with Crippen LogP contribution in [0.2, 0.25) is 0 Å². The first-order chi connectivity index (χ1) is 8.69. The molecule has 0 aliphatic rings. The molecule has 0 N–H and O–H groups in total. The largest absolute Gasteiger partial charge is 0.317 e. The molecule has 0 amide bonds. The summed E-state index contributed by atoms with van der Waals surface area (Å²) in [5.41, 5.74) is 3.68. The van der Waals surface area contributed by atoms with E-state index in [1.54, 1.807) is 0 Å². The van der Waals surface area contributed by atoms with Crippen molar-refractivity contribution in [1.82, 2.24) is 9.66 Å². The van der Waals surface area contributed by atoms with E-state index in [1.807, 2.05) is 0 Å². The van der Waals surface area contributed by atoms with Crippen molar-refractivity contribution in [1.29, 1.82) is 0 Å². The minimum Gasteiger partial charge on any atom is -0.317 e. The van der Waals surface area contributed by atoms with Crippen LogP contribution >= 0.6 is 12.6 Å². The van der Waals surface area contributed by atoms with E-state index in [9.17, 15) is 0 Å². The Morgan fingerprint density at radius 2 is 2.06 bits per heavy atom. The van der Waals surface area contributed by atoms with Gasteiger partial charge in [0.1, 0.15) is 5.82 Å². The van der Waals surface area contributed by atoms with Gasteiger partial charge in [-0.2, -0.15) is 12.6 Å². The predicted molar refractivity (Wildman–Crippen MR) is 81.4 cm³/mol. The summed E-state index contributed by atoms with van der Waals surface area (Å²) in [7, 11) is 4.10. The molecule has 0 radical (unpaired) electrons. The fraction of sp³-hybridized carbons (Fsp3) is 0.500. The van der Waals surface area contributed by atoms with Crippen LogP contribution in [0, 0.1) is 0 Å². The molecule has 0 saturated carbocycles. The second-order valence-corrected chi connectivity index (χ2v) is 5.14. The lowest BCUT2D eigenvalue weighted by Gasteiger charge is -2.18. The number of para-hydroxylation sites is 1. The zero-order valence-electron chi connectivity index (χ0n) is 11.3. The van der Waals surface area contributed by atoms with E-state index in [-0.39, 0.29) is 0 Å².